The average Bonchev–Trinajstić information content (AvgIpc) is 2.69. The molecule has 2 aromatic heterocycles. The first kappa shape index (κ1) is 19.0. The largest absolute Gasteiger partial charge is 0.379 e. The van der Waals surface area contributed by atoms with Crippen molar-refractivity contribution in [3.05, 3.63) is 58.7 Å². The quantitative estimate of drug-likeness (QED) is 0.655. The number of carbonyl (C=O) groups excluding carboxylic acids is 1. The van der Waals surface area contributed by atoms with Crippen molar-refractivity contribution in [2.24, 2.45) is 0 Å². The van der Waals surface area contributed by atoms with E-state index >= 15 is 0 Å². The second kappa shape index (κ2) is 8.35. The van der Waals surface area contributed by atoms with Crippen LogP contribution in [0.15, 0.2) is 42.6 Å². The number of ketones is 1. The summed E-state index contributed by atoms with van der Waals surface area (Å²) >= 11 is 6.46. The summed E-state index contributed by atoms with van der Waals surface area (Å²) in [5.41, 5.74) is 4.44. The zero-order valence-electron chi connectivity index (χ0n) is 15.8. The Morgan fingerprint density at radius 2 is 2.00 bits per heavy atom. The van der Waals surface area contributed by atoms with Gasteiger partial charge in [0.15, 0.2) is 0 Å². The highest BCUT2D eigenvalue weighted by atomic mass is 35.5. The van der Waals surface area contributed by atoms with Gasteiger partial charge in [0.2, 0.25) is 0 Å². The molecular weight excluding hydrogens is 374 g/mol. The Labute approximate surface area is 169 Å². The average molecular weight is 396 g/mol. The number of pyridine rings is 2. The van der Waals surface area contributed by atoms with E-state index in [4.69, 9.17) is 21.3 Å². The number of nitrogens with zero attached hydrogens (tertiary/aromatic N) is 3. The lowest BCUT2D eigenvalue weighted by atomic mass is 10.0. The molecule has 0 atom stereocenters. The van der Waals surface area contributed by atoms with E-state index in [0.29, 0.717) is 11.4 Å². The molecule has 0 unspecified atom stereocenters. The minimum absolute atomic E-state index is 0.123. The Morgan fingerprint density at radius 1 is 1.18 bits per heavy atom. The molecule has 0 radical (unpaired) electrons. The second-order valence-electron chi connectivity index (χ2n) is 7.12. The summed E-state index contributed by atoms with van der Waals surface area (Å²) in [6.07, 6.45) is 2.14. The minimum atomic E-state index is 0.123. The maximum atomic E-state index is 11.3. The topological polar surface area (TPSA) is 55.3 Å². The molecule has 28 heavy (non-hydrogen) atoms. The molecule has 6 heteroatoms. The van der Waals surface area contributed by atoms with E-state index in [1.165, 1.54) is 5.56 Å². The van der Waals surface area contributed by atoms with Crippen LogP contribution in [0.5, 0.6) is 0 Å². The molecule has 1 aromatic carbocycles. The predicted molar refractivity (Wildman–Crippen MR) is 110 cm³/mol. The van der Waals surface area contributed by atoms with Gasteiger partial charge in [-0.3, -0.25) is 14.7 Å². The van der Waals surface area contributed by atoms with Gasteiger partial charge >= 0.3 is 0 Å². The van der Waals surface area contributed by atoms with Gasteiger partial charge in [-0.1, -0.05) is 29.8 Å². The fraction of sp³-hybridized carbons (Fsp3) is 0.318. The van der Waals surface area contributed by atoms with Crippen molar-refractivity contribution in [3.63, 3.8) is 0 Å². The smallest absolute Gasteiger partial charge is 0.134 e. The molecule has 1 aliphatic rings. The third-order valence-electron chi connectivity index (χ3n) is 4.91. The predicted octanol–water partition coefficient (Wildman–Crippen LogP) is 3.91. The van der Waals surface area contributed by atoms with E-state index in [-0.39, 0.29) is 5.78 Å². The summed E-state index contributed by atoms with van der Waals surface area (Å²) in [6, 6.07) is 11.8. The van der Waals surface area contributed by atoms with E-state index < -0.39 is 0 Å². The van der Waals surface area contributed by atoms with Crippen molar-refractivity contribution >= 4 is 28.3 Å². The number of halogens is 1. The lowest BCUT2D eigenvalue weighted by Gasteiger charge is -2.27. The number of morpholine rings is 1. The molecule has 0 amide bonds. The fourth-order valence-electron chi connectivity index (χ4n) is 3.51. The standard InChI is InChI=1S/C22H22ClN3O2/c1-15(27)11-16-5-6-20(24-13-16)21-12-17(14-26-7-9-28-10-8-26)18-3-2-4-19(23)22(18)25-21/h2-6,12-13H,7-11,14H2,1H3. The van der Waals surface area contributed by atoms with Gasteiger partial charge in [0.1, 0.15) is 5.78 Å². The first-order chi connectivity index (χ1) is 13.6. The van der Waals surface area contributed by atoms with Crippen LogP contribution in [0.1, 0.15) is 18.1 Å². The minimum Gasteiger partial charge on any atom is -0.379 e. The normalized spacial score (nSPS) is 15.1. The molecule has 0 saturated carbocycles. The van der Waals surface area contributed by atoms with Crippen LogP contribution in [-0.2, 0) is 22.5 Å². The number of Topliss-reactive ketones (excluding diaryl/α,β-unsaturated/α-hetero) is 1. The van der Waals surface area contributed by atoms with Crippen molar-refractivity contribution in [1.29, 1.82) is 0 Å². The van der Waals surface area contributed by atoms with Gasteiger partial charge in [0.25, 0.3) is 0 Å². The highest BCUT2D eigenvalue weighted by Gasteiger charge is 2.16. The zero-order chi connectivity index (χ0) is 19.5. The maximum absolute atomic E-state index is 11.3. The van der Waals surface area contributed by atoms with Gasteiger partial charge in [-0.25, -0.2) is 4.98 Å². The molecule has 0 spiro atoms. The lowest BCUT2D eigenvalue weighted by molar-refractivity contribution is -0.116. The molecule has 3 aromatic rings. The molecule has 1 saturated heterocycles. The van der Waals surface area contributed by atoms with Crippen LogP contribution in [0.3, 0.4) is 0 Å². The van der Waals surface area contributed by atoms with E-state index in [9.17, 15) is 4.79 Å². The number of ether oxygens (including phenoxy) is 1. The van der Waals surface area contributed by atoms with Crippen LogP contribution >= 0.6 is 11.6 Å². The molecule has 0 N–H and O–H groups in total. The molecule has 0 bridgehead atoms. The number of para-hydroxylation sites is 1. The van der Waals surface area contributed by atoms with Gasteiger partial charge < -0.3 is 4.74 Å². The van der Waals surface area contributed by atoms with Crippen molar-refractivity contribution in [2.75, 3.05) is 26.3 Å². The van der Waals surface area contributed by atoms with Crippen LogP contribution < -0.4 is 0 Å². The van der Waals surface area contributed by atoms with Crippen LogP contribution in [0.4, 0.5) is 0 Å². The van der Waals surface area contributed by atoms with Crippen molar-refractivity contribution < 1.29 is 9.53 Å². The highest BCUT2D eigenvalue weighted by molar-refractivity contribution is 6.35. The number of carbonyl (C=O) groups is 1. The third-order valence-corrected chi connectivity index (χ3v) is 5.22. The zero-order valence-corrected chi connectivity index (χ0v) is 16.6. The number of aromatic nitrogens is 2. The lowest BCUT2D eigenvalue weighted by Crippen LogP contribution is -2.35. The van der Waals surface area contributed by atoms with Gasteiger partial charge in [0, 0.05) is 37.6 Å². The SMILES string of the molecule is CC(=O)Cc1ccc(-c2cc(CN3CCOCC3)c3cccc(Cl)c3n2)nc1. The Bertz CT molecular complexity index is 999. The van der Waals surface area contributed by atoms with Crippen molar-refractivity contribution in [1.82, 2.24) is 14.9 Å². The van der Waals surface area contributed by atoms with Crippen molar-refractivity contribution in [2.45, 2.75) is 19.9 Å². The first-order valence-electron chi connectivity index (χ1n) is 9.43. The summed E-state index contributed by atoms with van der Waals surface area (Å²) in [7, 11) is 0. The molecule has 0 aliphatic carbocycles. The van der Waals surface area contributed by atoms with Crippen LogP contribution in [0, 0.1) is 0 Å². The summed E-state index contributed by atoms with van der Waals surface area (Å²) in [4.78, 5) is 23.0. The second-order valence-corrected chi connectivity index (χ2v) is 7.53. The number of fused-ring (bicyclic) bond motifs is 1. The molecule has 4 rings (SSSR count). The van der Waals surface area contributed by atoms with E-state index in [2.05, 4.69) is 22.0 Å². The van der Waals surface area contributed by atoms with Gasteiger partial charge in [0.05, 0.1) is 35.1 Å². The third kappa shape index (κ3) is 4.22. The number of rotatable bonds is 5. The molecular formula is C22H22ClN3O2. The first-order valence-corrected chi connectivity index (χ1v) is 9.81. The van der Waals surface area contributed by atoms with Crippen LogP contribution in [0.2, 0.25) is 5.02 Å². The van der Waals surface area contributed by atoms with Gasteiger partial charge in [-0.05, 0) is 36.2 Å². The van der Waals surface area contributed by atoms with E-state index in [1.54, 1.807) is 13.1 Å². The number of hydrogen-bond donors (Lipinski definition) is 0. The molecule has 144 valence electrons. The van der Waals surface area contributed by atoms with Crippen LogP contribution in [0.25, 0.3) is 22.3 Å². The Balaban J connectivity index is 1.73. The monoisotopic (exact) mass is 395 g/mol. The maximum Gasteiger partial charge on any atom is 0.134 e. The summed E-state index contributed by atoms with van der Waals surface area (Å²) < 4.78 is 5.47. The Kier molecular flexibility index (Phi) is 5.67. The number of hydrogen-bond acceptors (Lipinski definition) is 5. The molecule has 1 aliphatic heterocycles. The highest BCUT2D eigenvalue weighted by Crippen LogP contribution is 2.29. The summed E-state index contributed by atoms with van der Waals surface area (Å²) in [5, 5.41) is 1.70. The van der Waals surface area contributed by atoms with E-state index in [1.807, 2.05) is 24.3 Å². The van der Waals surface area contributed by atoms with E-state index in [0.717, 1.165) is 60.7 Å². The Morgan fingerprint density at radius 3 is 2.71 bits per heavy atom. The molecule has 1 fully saturated rings. The summed E-state index contributed by atoms with van der Waals surface area (Å²) in [6.45, 7) is 5.75. The molecule has 3 heterocycles. The fourth-order valence-corrected chi connectivity index (χ4v) is 3.73. The molecule has 5 nitrogen and oxygen atoms in total. The summed E-state index contributed by atoms with van der Waals surface area (Å²) in [5.74, 6) is 0.123. The van der Waals surface area contributed by atoms with Crippen molar-refractivity contribution in [3.8, 4) is 11.4 Å². The van der Waals surface area contributed by atoms with Gasteiger partial charge in [-0.15, -0.1) is 0 Å². The number of benzene rings is 1. The van der Waals surface area contributed by atoms with Gasteiger partial charge in [-0.2, -0.15) is 0 Å². The Hall–Kier alpha value is -2.34. The van der Waals surface area contributed by atoms with Crippen LogP contribution in [-0.4, -0.2) is 47.0 Å².